The van der Waals surface area contributed by atoms with Crippen LogP contribution < -0.4 is 0 Å². The molecule has 0 aromatic heterocycles. The highest BCUT2D eigenvalue weighted by Gasteiger charge is 2.36. The standard InChI is InChI=1S/C9H15NO3/c11-6-9(12)13-8-5-10-3-1-7(8)2-4-10/h7-8,11H,1-6H2/t8-/m0/s1. The molecule has 0 aromatic carbocycles. The SMILES string of the molecule is O=C(CO)O[C@H]1CN2CCC1CC2. The average molecular weight is 185 g/mol. The van der Waals surface area contributed by atoms with E-state index in [1.807, 2.05) is 0 Å². The van der Waals surface area contributed by atoms with Gasteiger partial charge >= 0.3 is 5.97 Å². The summed E-state index contributed by atoms with van der Waals surface area (Å²) in [4.78, 5) is 13.2. The Balaban J connectivity index is 1.90. The summed E-state index contributed by atoms with van der Waals surface area (Å²) >= 11 is 0. The van der Waals surface area contributed by atoms with Crippen molar-refractivity contribution in [2.24, 2.45) is 5.92 Å². The van der Waals surface area contributed by atoms with Crippen molar-refractivity contribution in [2.75, 3.05) is 26.2 Å². The van der Waals surface area contributed by atoms with Crippen LogP contribution in [0.3, 0.4) is 0 Å². The number of hydrogen-bond donors (Lipinski definition) is 1. The van der Waals surface area contributed by atoms with Gasteiger partial charge in [-0.25, -0.2) is 4.79 Å². The molecule has 0 aliphatic carbocycles. The number of hydrogen-bond acceptors (Lipinski definition) is 4. The Labute approximate surface area is 77.5 Å². The van der Waals surface area contributed by atoms with E-state index in [9.17, 15) is 4.79 Å². The minimum absolute atomic E-state index is 0.0298. The van der Waals surface area contributed by atoms with Gasteiger partial charge in [-0.1, -0.05) is 0 Å². The Bertz CT molecular complexity index is 199. The summed E-state index contributed by atoms with van der Waals surface area (Å²) in [6.07, 6.45) is 2.29. The molecular formula is C9H15NO3. The van der Waals surface area contributed by atoms with Crippen molar-refractivity contribution in [3.8, 4) is 0 Å². The molecule has 0 saturated carbocycles. The summed E-state index contributed by atoms with van der Waals surface area (Å²) in [5.74, 6) is 0.0410. The van der Waals surface area contributed by atoms with Gasteiger partial charge in [0.05, 0.1) is 0 Å². The Kier molecular flexibility index (Phi) is 2.51. The number of aliphatic hydroxyl groups excluding tert-OH is 1. The zero-order valence-corrected chi connectivity index (χ0v) is 7.61. The van der Waals surface area contributed by atoms with Crippen molar-refractivity contribution in [2.45, 2.75) is 18.9 Å². The van der Waals surface area contributed by atoms with E-state index in [4.69, 9.17) is 9.84 Å². The zero-order valence-electron chi connectivity index (χ0n) is 7.61. The predicted octanol–water partition coefficient (Wildman–Crippen LogP) is -0.384. The van der Waals surface area contributed by atoms with E-state index < -0.39 is 12.6 Å². The van der Waals surface area contributed by atoms with Gasteiger partial charge in [-0.05, 0) is 31.8 Å². The number of carbonyl (C=O) groups is 1. The van der Waals surface area contributed by atoms with Crippen LogP contribution in [0.15, 0.2) is 0 Å². The molecule has 3 heterocycles. The van der Waals surface area contributed by atoms with E-state index >= 15 is 0 Å². The van der Waals surface area contributed by atoms with Crippen molar-refractivity contribution in [3.05, 3.63) is 0 Å². The molecule has 3 aliphatic heterocycles. The van der Waals surface area contributed by atoms with E-state index in [1.54, 1.807) is 0 Å². The van der Waals surface area contributed by atoms with Crippen molar-refractivity contribution in [1.82, 2.24) is 4.90 Å². The third-order valence-corrected chi connectivity index (χ3v) is 3.01. The Morgan fingerprint density at radius 1 is 1.46 bits per heavy atom. The van der Waals surface area contributed by atoms with Crippen molar-refractivity contribution >= 4 is 5.97 Å². The van der Waals surface area contributed by atoms with E-state index in [0.717, 1.165) is 32.5 Å². The summed E-state index contributed by atoms with van der Waals surface area (Å²) in [5.41, 5.74) is 0. The molecule has 1 atom stereocenters. The van der Waals surface area contributed by atoms with E-state index in [1.165, 1.54) is 0 Å². The second kappa shape index (κ2) is 3.64. The highest BCUT2D eigenvalue weighted by molar-refractivity contribution is 5.70. The van der Waals surface area contributed by atoms with Crippen LogP contribution in [0.25, 0.3) is 0 Å². The minimum Gasteiger partial charge on any atom is -0.459 e. The number of piperidine rings is 3. The lowest BCUT2D eigenvalue weighted by atomic mass is 9.86. The molecule has 3 aliphatic rings. The van der Waals surface area contributed by atoms with Crippen LogP contribution in [0.2, 0.25) is 0 Å². The van der Waals surface area contributed by atoms with Gasteiger partial charge in [-0.3, -0.25) is 4.90 Å². The van der Waals surface area contributed by atoms with Crippen LogP contribution in [0.1, 0.15) is 12.8 Å². The quantitative estimate of drug-likeness (QED) is 0.596. The summed E-state index contributed by atoms with van der Waals surface area (Å²) in [6.45, 7) is 2.63. The van der Waals surface area contributed by atoms with Gasteiger partial charge in [0.1, 0.15) is 12.7 Å². The topological polar surface area (TPSA) is 49.8 Å². The summed E-state index contributed by atoms with van der Waals surface area (Å²) in [7, 11) is 0. The molecule has 4 nitrogen and oxygen atoms in total. The molecule has 0 spiro atoms. The van der Waals surface area contributed by atoms with Crippen LogP contribution in [0.4, 0.5) is 0 Å². The number of aliphatic hydroxyl groups is 1. The Morgan fingerprint density at radius 2 is 2.15 bits per heavy atom. The third kappa shape index (κ3) is 1.84. The first-order valence-corrected chi connectivity index (χ1v) is 4.82. The molecule has 74 valence electrons. The maximum atomic E-state index is 10.9. The molecule has 0 aromatic rings. The maximum Gasteiger partial charge on any atom is 0.332 e. The summed E-state index contributed by atoms with van der Waals surface area (Å²) in [6, 6.07) is 0. The van der Waals surface area contributed by atoms with Gasteiger partial charge in [0.25, 0.3) is 0 Å². The smallest absolute Gasteiger partial charge is 0.332 e. The van der Waals surface area contributed by atoms with Gasteiger partial charge < -0.3 is 9.84 Å². The Hall–Kier alpha value is -0.610. The lowest BCUT2D eigenvalue weighted by Gasteiger charge is -2.43. The fourth-order valence-electron chi connectivity index (χ4n) is 2.25. The molecule has 0 amide bonds. The molecule has 1 N–H and O–H groups in total. The molecule has 13 heavy (non-hydrogen) atoms. The van der Waals surface area contributed by atoms with Crippen molar-refractivity contribution in [3.63, 3.8) is 0 Å². The van der Waals surface area contributed by atoms with E-state index in [2.05, 4.69) is 4.90 Å². The van der Waals surface area contributed by atoms with Crippen molar-refractivity contribution in [1.29, 1.82) is 0 Å². The number of fused-ring (bicyclic) bond motifs is 3. The molecule has 2 bridgehead atoms. The van der Waals surface area contributed by atoms with Crippen LogP contribution in [-0.2, 0) is 9.53 Å². The minimum atomic E-state index is -0.497. The molecule has 0 radical (unpaired) electrons. The maximum absolute atomic E-state index is 10.9. The summed E-state index contributed by atoms with van der Waals surface area (Å²) < 4.78 is 5.14. The first-order chi connectivity index (χ1) is 6.29. The molecular weight excluding hydrogens is 170 g/mol. The molecule has 0 unspecified atom stereocenters. The van der Waals surface area contributed by atoms with Crippen molar-refractivity contribution < 1.29 is 14.6 Å². The van der Waals surface area contributed by atoms with E-state index in [0.29, 0.717) is 5.92 Å². The number of esters is 1. The number of ether oxygens (including phenoxy) is 1. The normalized spacial score (nSPS) is 37.5. The second-order valence-corrected chi connectivity index (χ2v) is 3.82. The lowest BCUT2D eigenvalue weighted by Crippen LogP contribution is -2.52. The van der Waals surface area contributed by atoms with Gasteiger partial charge in [0.15, 0.2) is 0 Å². The van der Waals surface area contributed by atoms with Gasteiger partial charge in [-0.2, -0.15) is 0 Å². The number of nitrogens with zero attached hydrogens (tertiary/aromatic N) is 1. The van der Waals surface area contributed by atoms with Crippen LogP contribution in [0.5, 0.6) is 0 Å². The van der Waals surface area contributed by atoms with Crippen LogP contribution in [0, 0.1) is 5.92 Å². The monoisotopic (exact) mass is 185 g/mol. The highest BCUT2D eigenvalue weighted by atomic mass is 16.6. The Morgan fingerprint density at radius 3 is 2.62 bits per heavy atom. The largest absolute Gasteiger partial charge is 0.459 e. The zero-order chi connectivity index (χ0) is 9.26. The van der Waals surface area contributed by atoms with Gasteiger partial charge in [-0.15, -0.1) is 0 Å². The fourth-order valence-corrected chi connectivity index (χ4v) is 2.25. The first kappa shape index (κ1) is 8.97. The van der Waals surface area contributed by atoms with Gasteiger partial charge in [0.2, 0.25) is 0 Å². The predicted molar refractivity (Wildman–Crippen MR) is 46.1 cm³/mol. The van der Waals surface area contributed by atoms with E-state index in [-0.39, 0.29) is 6.10 Å². The first-order valence-electron chi connectivity index (χ1n) is 4.82. The average Bonchev–Trinajstić information content (AvgIpc) is 2.19. The lowest BCUT2D eigenvalue weighted by molar-refractivity contribution is -0.161. The summed E-state index contributed by atoms with van der Waals surface area (Å²) in [5, 5.41) is 8.55. The fraction of sp³-hybridized carbons (Fsp3) is 0.889. The van der Waals surface area contributed by atoms with Crippen LogP contribution in [-0.4, -0.2) is 48.3 Å². The second-order valence-electron chi connectivity index (χ2n) is 3.82. The molecule has 3 fully saturated rings. The van der Waals surface area contributed by atoms with Gasteiger partial charge in [0, 0.05) is 6.54 Å². The third-order valence-electron chi connectivity index (χ3n) is 3.01. The molecule has 4 heteroatoms. The van der Waals surface area contributed by atoms with Crippen LogP contribution >= 0.6 is 0 Å². The number of carbonyl (C=O) groups excluding carboxylic acids is 1. The molecule has 3 saturated heterocycles. The highest BCUT2D eigenvalue weighted by Crippen LogP contribution is 2.29. The molecule has 3 rings (SSSR count). The number of rotatable bonds is 2.